The Morgan fingerprint density at radius 3 is 2.05 bits per heavy atom. The van der Waals surface area contributed by atoms with Crippen molar-refractivity contribution in [3.05, 3.63) is 121 Å². The molecule has 5 aromatic carbocycles. The topological polar surface area (TPSA) is 62.7 Å². The number of nitriles is 1. The first-order valence-corrected chi connectivity index (χ1v) is 12.8. The van der Waals surface area contributed by atoms with Gasteiger partial charge < -0.3 is 4.42 Å². The van der Waals surface area contributed by atoms with E-state index in [1.807, 2.05) is 30.5 Å². The minimum atomic E-state index is 0.627. The standard InChI is InChI=1S/C35H19N3O/c36-20-21-3-13-32-29(16-21)30-19-27(11-14-33(30)39-32)25-6-7-26-18-28(9-8-24(26)17-25)31-12-10-23-5-4-22-2-1-15-37-34(22)35(23)38-31/h1-19H. The third-order valence-corrected chi connectivity index (χ3v) is 7.50. The number of rotatable bonds is 2. The van der Waals surface area contributed by atoms with Gasteiger partial charge in [0.15, 0.2) is 0 Å². The number of nitrogens with zero attached hydrogens (tertiary/aromatic N) is 3. The van der Waals surface area contributed by atoms with E-state index in [9.17, 15) is 5.26 Å². The van der Waals surface area contributed by atoms with Crippen LogP contribution in [0.3, 0.4) is 0 Å². The maximum absolute atomic E-state index is 9.33. The van der Waals surface area contributed by atoms with Crippen molar-refractivity contribution in [2.45, 2.75) is 0 Å². The maximum atomic E-state index is 9.33. The van der Waals surface area contributed by atoms with E-state index in [1.54, 1.807) is 6.07 Å². The molecule has 8 aromatic rings. The van der Waals surface area contributed by atoms with Gasteiger partial charge in [0, 0.05) is 33.3 Å². The van der Waals surface area contributed by atoms with Gasteiger partial charge in [-0.25, -0.2) is 4.98 Å². The molecule has 0 bridgehead atoms. The smallest absolute Gasteiger partial charge is 0.135 e. The Morgan fingerprint density at radius 2 is 1.21 bits per heavy atom. The van der Waals surface area contributed by atoms with Crippen molar-refractivity contribution in [3.8, 4) is 28.5 Å². The summed E-state index contributed by atoms with van der Waals surface area (Å²) in [6, 6.07) is 39.5. The number of furan rings is 1. The van der Waals surface area contributed by atoms with Crippen LogP contribution in [0, 0.1) is 11.3 Å². The Bertz CT molecular complexity index is 2310. The first-order valence-electron chi connectivity index (χ1n) is 12.8. The van der Waals surface area contributed by atoms with E-state index in [2.05, 4.69) is 89.9 Å². The van der Waals surface area contributed by atoms with Crippen molar-refractivity contribution in [1.29, 1.82) is 5.26 Å². The molecule has 4 heteroatoms. The van der Waals surface area contributed by atoms with Crippen molar-refractivity contribution in [2.24, 2.45) is 0 Å². The summed E-state index contributed by atoms with van der Waals surface area (Å²) >= 11 is 0. The summed E-state index contributed by atoms with van der Waals surface area (Å²) in [6.45, 7) is 0. The van der Waals surface area contributed by atoms with E-state index in [0.717, 1.165) is 76.9 Å². The number of hydrogen-bond acceptors (Lipinski definition) is 4. The Balaban J connectivity index is 1.21. The monoisotopic (exact) mass is 497 g/mol. The largest absolute Gasteiger partial charge is 0.456 e. The van der Waals surface area contributed by atoms with Gasteiger partial charge in [0.05, 0.1) is 28.4 Å². The summed E-state index contributed by atoms with van der Waals surface area (Å²) in [4.78, 5) is 9.61. The highest BCUT2D eigenvalue weighted by molar-refractivity contribution is 6.07. The van der Waals surface area contributed by atoms with Crippen LogP contribution in [0.5, 0.6) is 0 Å². The fraction of sp³-hybridized carbons (Fsp3) is 0. The Hall–Kier alpha value is -5.53. The normalized spacial score (nSPS) is 11.6. The molecule has 0 saturated carbocycles. The molecule has 0 aliphatic rings. The minimum absolute atomic E-state index is 0.627. The number of hydrogen-bond donors (Lipinski definition) is 0. The number of benzene rings is 5. The molecule has 0 amide bonds. The lowest BCUT2D eigenvalue weighted by atomic mass is 9.97. The van der Waals surface area contributed by atoms with Crippen molar-refractivity contribution < 1.29 is 4.42 Å². The molecule has 8 rings (SSSR count). The summed E-state index contributed by atoms with van der Waals surface area (Å²) in [5.41, 5.74) is 8.32. The predicted octanol–water partition coefficient (Wildman–Crippen LogP) is 9.04. The highest BCUT2D eigenvalue weighted by atomic mass is 16.3. The molecule has 180 valence electrons. The quantitative estimate of drug-likeness (QED) is 0.224. The Morgan fingerprint density at radius 1 is 0.564 bits per heavy atom. The zero-order chi connectivity index (χ0) is 25.9. The summed E-state index contributed by atoms with van der Waals surface area (Å²) < 4.78 is 6.00. The molecule has 0 saturated heterocycles. The van der Waals surface area contributed by atoms with Gasteiger partial charge in [0.1, 0.15) is 11.2 Å². The molecule has 3 aromatic heterocycles. The van der Waals surface area contributed by atoms with Crippen molar-refractivity contribution in [3.63, 3.8) is 0 Å². The SMILES string of the molecule is N#Cc1ccc2oc3ccc(-c4ccc5cc(-c6ccc7ccc8cccnc8c7n6)ccc5c4)cc3c2c1. The zero-order valence-electron chi connectivity index (χ0n) is 20.7. The molecule has 0 aliphatic carbocycles. The highest BCUT2D eigenvalue weighted by Gasteiger charge is 2.11. The van der Waals surface area contributed by atoms with Gasteiger partial charge in [-0.15, -0.1) is 0 Å². The average molecular weight is 498 g/mol. The Kier molecular flexibility index (Phi) is 4.55. The van der Waals surface area contributed by atoms with Crippen molar-refractivity contribution in [1.82, 2.24) is 9.97 Å². The first-order chi connectivity index (χ1) is 19.2. The fourth-order valence-corrected chi connectivity index (χ4v) is 5.50. The highest BCUT2D eigenvalue weighted by Crippen LogP contribution is 2.35. The lowest BCUT2D eigenvalue weighted by Crippen LogP contribution is -1.89. The lowest BCUT2D eigenvalue weighted by Gasteiger charge is -2.08. The maximum Gasteiger partial charge on any atom is 0.135 e. The van der Waals surface area contributed by atoms with Gasteiger partial charge in [-0.3, -0.25) is 4.98 Å². The molecule has 0 fully saturated rings. The Labute approximate surface area is 223 Å². The average Bonchev–Trinajstić information content (AvgIpc) is 3.37. The van der Waals surface area contributed by atoms with Crippen LogP contribution >= 0.6 is 0 Å². The number of aromatic nitrogens is 2. The van der Waals surface area contributed by atoms with E-state index in [-0.39, 0.29) is 0 Å². The molecule has 0 unspecified atom stereocenters. The van der Waals surface area contributed by atoms with Gasteiger partial charge >= 0.3 is 0 Å². The molecule has 0 aliphatic heterocycles. The lowest BCUT2D eigenvalue weighted by molar-refractivity contribution is 0.669. The molecule has 4 nitrogen and oxygen atoms in total. The van der Waals surface area contributed by atoms with Crippen molar-refractivity contribution >= 4 is 54.5 Å². The molecule has 0 N–H and O–H groups in total. The second-order valence-corrected chi connectivity index (χ2v) is 9.82. The van der Waals surface area contributed by atoms with Crippen LogP contribution in [-0.2, 0) is 0 Å². The van der Waals surface area contributed by atoms with Gasteiger partial charge in [-0.05, 0) is 76.5 Å². The summed E-state index contributed by atoms with van der Waals surface area (Å²) in [7, 11) is 0. The third-order valence-electron chi connectivity index (χ3n) is 7.50. The predicted molar refractivity (Wildman–Crippen MR) is 157 cm³/mol. The van der Waals surface area contributed by atoms with Crippen LogP contribution in [0.4, 0.5) is 0 Å². The van der Waals surface area contributed by atoms with Crippen LogP contribution in [0.1, 0.15) is 5.56 Å². The first kappa shape index (κ1) is 21.5. The molecule has 0 atom stereocenters. The second kappa shape index (κ2) is 8.24. The molecular formula is C35H19N3O. The van der Waals surface area contributed by atoms with E-state index < -0.39 is 0 Å². The fourth-order valence-electron chi connectivity index (χ4n) is 5.50. The molecule has 3 heterocycles. The molecule has 39 heavy (non-hydrogen) atoms. The van der Waals surface area contributed by atoms with Gasteiger partial charge in [-0.1, -0.05) is 54.6 Å². The second-order valence-electron chi connectivity index (χ2n) is 9.82. The summed E-state index contributed by atoms with van der Waals surface area (Å²) in [5.74, 6) is 0. The minimum Gasteiger partial charge on any atom is -0.456 e. The van der Waals surface area contributed by atoms with Crippen LogP contribution in [0.25, 0.3) is 76.9 Å². The van der Waals surface area contributed by atoms with Crippen molar-refractivity contribution in [2.75, 3.05) is 0 Å². The van der Waals surface area contributed by atoms with Gasteiger partial charge in [-0.2, -0.15) is 5.26 Å². The van der Waals surface area contributed by atoms with Crippen LogP contribution in [0.15, 0.2) is 120 Å². The third kappa shape index (κ3) is 3.45. The van der Waals surface area contributed by atoms with Crippen LogP contribution in [0.2, 0.25) is 0 Å². The molecular weight excluding hydrogens is 478 g/mol. The van der Waals surface area contributed by atoms with E-state index >= 15 is 0 Å². The van der Waals surface area contributed by atoms with E-state index in [1.165, 1.54) is 0 Å². The molecule has 0 radical (unpaired) electrons. The number of fused-ring (bicyclic) bond motifs is 7. The summed E-state index contributed by atoms with van der Waals surface area (Å²) in [6.07, 6.45) is 1.82. The van der Waals surface area contributed by atoms with Gasteiger partial charge in [0.2, 0.25) is 0 Å². The zero-order valence-corrected chi connectivity index (χ0v) is 20.7. The van der Waals surface area contributed by atoms with Crippen LogP contribution < -0.4 is 0 Å². The van der Waals surface area contributed by atoms with Gasteiger partial charge in [0.25, 0.3) is 0 Å². The van der Waals surface area contributed by atoms with Crippen LogP contribution in [-0.4, -0.2) is 9.97 Å². The number of pyridine rings is 2. The molecule has 0 spiro atoms. The summed E-state index contributed by atoms with van der Waals surface area (Å²) in [5, 5.41) is 15.8. The van der Waals surface area contributed by atoms with E-state index in [0.29, 0.717) is 5.56 Å². The van der Waals surface area contributed by atoms with E-state index in [4.69, 9.17) is 9.40 Å².